The van der Waals surface area contributed by atoms with Crippen molar-refractivity contribution in [2.24, 2.45) is 5.41 Å². The number of rotatable bonds is 7. The maximum atomic E-state index is 6.32. The van der Waals surface area contributed by atoms with Gasteiger partial charge in [0, 0.05) is 29.7 Å². The van der Waals surface area contributed by atoms with E-state index in [4.69, 9.17) is 9.15 Å². The average Bonchev–Trinajstić information content (AvgIpc) is 3.61. The van der Waals surface area contributed by atoms with Crippen LogP contribution in [0.1, 0.15) is 50.7 Å². The minimum Gasteiger partial charge on any atom is -0.464 e. The first kappa shape index (κ1) is 21.5. The summed E-state index contributed by atoms with van der Waals surface area (Å²) in [4.78, 5) is 2.70. The average molecular weight is 430 g/mol. The quantitative estimate of drug-likeness (QED) is 0.419. The lowest BCUT2D eigenvalue weighted by Crippen LogP contribution is -2.44. The van der Waals surface area contributed by atoms with Crippen LogP contribution in [-0.4, -0.2) is 30.7 Å². The lowest BCUT2D eigenvalue weighted by molar-refractivity contribution is -0.00831. The van der Waals surface area contributed by atoms with Crippen molar-refractivity contribution < 1.29 is 9.15 Å². The van der Waals surface area contributed by atoms with Crippen LogP contribution in [-0.2, 0) is 16.7 Å². The van der Waals surface area contributed by atoms with Gasteiger partial charge in [-0.05, 0) is 75.8 Å². The van der Waals surface area contributed by atoms with Gasteiger partial charge in [-0.1, -0.05) is 54.6 Å². The summed E-state index contributed by atoms with van der Waals surface area (Å²) in [7, 11) is 0. The molecule has 3 heteroatoms. The molecular formula is C29H35NO2. The van der Waals surface area contributed by atoms with Crippen LogP contribution in [0.15, 0.2) is 77.4 Å². The third-order valence-corrected chi connectivity index (χ3v) is 7.94. The Hall–Kier alpha value is -2.36. The first-order chi connectivity index (χ1) is 15.6. The zero-order valence-electron chi connectivity index (χ0n) is 19.4. The number of ether oxygens (including phenoxy) is 1. The Labute approximate surface area is 192 Å². The van der Waals surface area contributed by atoms with E-state index in [1.54, 1.807) is 6.26 Å². The molecule has 1 aromatic heterocycles. The van der Waals surface area contributed by atoms with E-state index in [1.165, 1.54) is 36.8 Å². The molecule has 0 N–H and O–H groups in total. The van der Waals surface area contributed by atoms with Gasteiger partial charge in [0.1, 0.15) is 5.76 Å². The fourth-order valence-corrected chi connectivity index (χ4v) is 5.77. The molecule has 0 saturated carbocycles. The van der Waals surface area contributed by atoms with E-state index >= 15 is 0 Å². The second-order valence-electron chi connectivity index (χ2n) is 10.1. The first-order valence-electron chi connectivity index (χ1n) is 12.1. The van der Waals surface area contributed by atoms with Crippen LogP contribution in [0.4, 0.5) is 0 Å². The lowest BCUT2D eigenvalue weighted by atomic mass is 9.75. The van der Waals surface area contributed by atoms with E-state index in [1.807, 2.05) is 12.1 Å². The smallest absolute Gasteiger partial charge is 0.133 e. The van der Waals surface area contributed by atoms with Gasteiger partial charge in [0.25, 0.3) is 0 Å². The molecule has 2 saturated heterocycles. The molecule has 2 aliphatic rings. The van der Waals surface area contributed by atoms with Gasteiger partial charge in [0.2, 0.25) is 0 Å². The van der Waals surface area contributed by atoms with Crippen LogP contribution in [0.3, 0.4) is 0 Å². The summed E-state index contributed by atoms with van der Waals surface area (Å²) < 4.78 is 11.9. The SMILES string of the molecule is CC(C)(c1ccc(-c2ccco2)cc1)N1CCC(CCc2ccccc2)(C2CCCO2)C1. The molecule has 2 aliphatic heterocycles. The number of hydrogen-bond acceptors (Lipinski definition) is 3. The largest absolute Gasteiger partial charge is 0.464 e. The van der Waals surface area contributed by atoms with Gasteiger partial charge >= 0.3 is 0 Å². The fraction of sp³-hybridized carbons (Fsp3) is 0.448. The van der Waals surface area contributed by atoms with Crippen molar-refractivity contribution in [1.29, 1.82) is 0 Å². The third-order valence-electron chi connectivity index (χ3n) is 7.94. The van der Waals surface area contributed by atoms with Crippen LogP contribution < -0.4 is 0 Å². The van der Waals surface area contributed by atoms with Gasteiger partial charge in [-0.15, -0.1) is 0 Å². The van der Waals surface area contributed by atoms with E-state index in [-0.39, 0.29) is 11.0 Å². The van der Waals surface area contributed by atoms with Crippen molar-refractivity contribution in [2.45, 2.75) is 57.6 Å². The van der Waals surface area contributed by atoms with Crippen molar-refractivity contribution in [1.82, 2.24) is 4.90 Å². The molecule has 32 heavy (non-hydrogen) atoms. The van der Waals surface area contributed by atoms with Crippen LogP contribution in [0.25, 0.3) is 11.3 Å². The molecule has 2 atom stereocenters. The standard InChI is InChI=1S/C29H35NO2/c1-28(2,25-14-12-24(13-15-25)26-10-6-20-31-26)30-19-18-29(22-30,27-11-7-21-32-27)17-16-23-8-4-3-5-9-23/h3-6,8-10,12-15,20,27H,7,11,16-19,21-22H2,1-2H3. The highest BCUT2D eigenvalue weighted by Crippen LogP contribution is 2.47. The monoisotopic (exact) mass is 429 g/mol. The van der Waals surface area contributed by atoms with Gasteiger partial charge in [-0.3, -0.25) is 4.90 Å². The molecule has 0 amide bonds. The van der Waals surface area contributed by atoms with Gasteiger partial charge in [-0.2, -0.15) is 0 Å². The zero-order valence-corrected chi connectivity index (χ0v) is 19.4. The van der Waals surface area contributed by atoms with Gasteiger partial charge in [0.15, 0.2) is 0 Å². The van der Waals surface area contributed by atoms with Crippen LogP contribution in [0.5, 0.6) is 0 Å². The summed E-state index contributed by atoms with van der Waals surface area (Å²) in [6, 6.07) is 23.8. The number of hydrogen-bond donors (Lipinski definition) is 0. The first-order valence-corrected chi connectivity index (χ1v) is 12.1. The molecule has 3 nitrogen and oxygen atoms in total. The van der Waals surface area contributed by atoms with E-state index in [0.29, 0.717) is 6.10 Å². The summed E-state index contributed by atoms with van der Waals surface area (Å²) in [6.07, 6.45) is 8.10. The summed E-state index contributed by atoms with van der Waals surface area (Å²) in [5, 5.41) is 0. The summed E-state index contributed by atoms with van der Waals surface area (Å²) in [5.74, 6) is 0.925. The van der Waals surface area contributed by atoms with Crippen LogP contribution in [0.2, 0.25) is 0 Å². The van der Waals surface area contributed by atoms with Crippen molar-refractivity contribution in [3.8, 4) is 11.3 Å². The molecule has 3 aromatic rings. The Morgan fingerprint density at radius 3 is 2.50 bits per heavy atom. The van der Waals surface area contributed by atoms with Crippen molar-refractivity contribution in [2.75, 3.05) is 19.7 Å². The molecule has 0 bridgehead atoms. The maximum absolute atomic E-state index is 6.32. The number of aryl methyl sites for hydroxylation is 1. The van der Waals surface area contributed by atoms with Gasteiger partial charge < -0.3 is 9.15 Å². The van der Waals surface area contributed by atoms with E-state index in [9.17, 15) is 0 Å². The van der Waals surface area contributed by atoms with Crippen molar-refractivity contribution in [3.05, 3.63) is 84.1 Å². The fourth-order valence-electron chi connectivity index (χ4n) is 5.77. The topological polar surface area (TPSA) is 25.6 Å². The van der Waals surface area contributed by atoms with Crippen LogP contribution >= 0.6 is 0 Å². The summed E-state index contributed by atoms with van der Waals surface area (Å²) in [5.41, 5.74) is 4.16. The Kier molecular flexibility index (Phi) is 5.96. The number of benzene rings is 2. The Morgan fingerprint density at radius 2 is 1.81 bits per heavy atom. The van der Waals surface area contributed by atoms with Crippen molar-refractivity contribution >= 4 is 0 Å². The van der Waals surface area contributed by atoms with Gasteiger partial charge in [-0.25, -0.2) is 0 Å². The second-order valence-corrected chi connectivity index (χ2v) is 10.1. The second kappa shape index (κ2) is 8.88. The molecular weight excluding hydrogens is 394 g/mol. The minimum atomic E-state index is -0.0191. The molecule has 2 unspecified atom stereocenters. The maximum Gasteiger partial charge on any atom is 0.133 e. The zero-order chi connectivity index (χ0) is 22.0. The number of nitrogens with zero attached hydrogens (tertiary/aromatic N) is 1. The third kappa shape index (κ3) is 4.16. The highest BCUT2D eigenvalue weighted by molar-refractivity contribution is 5.57. The van der Waals surface area contributed by atoms with E-state index in [2.05, 4.69) is 73.3 Å². The predicted octanol–water partition coefficient (Wildman–Crippen LogP) is 6.69. The highest BCUT2D eigenvalue weighted by Gasteiger charge is 2.49. The molecule has 0 spiro atoms. The van der Waals surface area contributed by atoms with Crippen LogP contribution in [0, 0.1) is 5.41 Å². The molecule has 2 aromatic carbocycles. The highest BCUT2D eigenvalue weighted by atomic mass is 16.5. The molecule has 5 rings (SSSR count). The lowest BCUT2D eigenvalue weighted by Gasteiger charge is -2.40. The van der Waals surface area contributed by atoms with E-state index in [0.717, 1.165) is 37.4 Å². The molecule has 3 heterocycles. The summed E-state index contributed by atoms with van der Waals surface area (Å²) in [6.45, 7) is 7.91. The molecule has 168 valence electrons. The summed E-state index contributed by atoms with van der Waals surface area (Å²) >= 11 is 0. The Morgan fingerprint density at radius 1 is 1.00 bits per heavy atom. The Bertz CT molecular complexity index is 987. The predicted molar refractivity (Wildman–Crippen MR) is 130 cm³/mol. The molecule has 0 radical (unpaired) electrons. The van der Waals surface area contributed by atoms with E-state index < -0.39 is 0 Å². The molecule has 0 aliphatic carbocycles. The minimum absolute atomic E-state index is 0.0191. The van der Waals surface area contributed by atoms with Gasteiger partial charge in [0.05, 0.1) is 12.4 Å². The molecule has 2 fully saturated rings. The number of likely N-dealkylation sites (tertiary alicyclic amines) is 1. The number of furan rings is 1. The van der Waals surface area contributed by atoms with Crippen molar-refractivity contribution in [3.63, 3.8) is 0 Å². The Balaban J connectivity index is 1.34. The normalized spacial score (nSPS) is 24.2.